The van der Waals surface area contributed by atoms with Crippen molar-refractivity contribution in [1.29, 1.82) is 0 Å². The van der Waals surface area contributed by atoms with E-state index in [4.69, 9.17) is 0 Å². The van der Waals surface area contributed by atoms with Crippen molar-refractivity contribution in [2.75, 3.05) is 19.6 Å². The number of carbonyl (C=O) groups excluding carboxylic acids is 1. The monoisotopic (exact) mass is 346 g/mol. The van der Waals surface area contributed by atoms with E-state index in [-0.39, 0.29) is 17.7 Å². The minimum absolute atomic E-state index is 0.00861. The Morgan fingerprint density at radius 3 is 3.00 bits per heavy atom. The Morgan fingerprint density at radius 1 is 1.59 bits per heavy atom. The highest BCUT2D eigenvalue weighted by Crippen LogP contribution is 2.22. The number of nitrogens with zero attached hydrogens (tertiary/aromatic N) is 1. The Kier molecular flexibility index (Phi) is 3.88. The van der Waals surface area contributed by atoms with Crippen LogP contribution in [0.3, 0.4) is 0 Å². The average molecular weight is 346 g/mol. The Balaban J connectivity index is 2.21. The number of hydrogen-bond acceptors (Lipinski definition) is 3. The van der Waals surface area contributed by atoms with Crippen LogP contribution in [0.15, 0.2) is 18.2 Å². The van der Waals surface area contributed by atoms with Crippen LogP contribution in [0.5, 0.6) is 5.75 Å². The molecule has 1 fully saturated rings. The zero-order valence-electron chi connectivity index (χ0n) is 9.61. The highest BCUT2D eigenvalue weighted by Gasteiger charge is 2.24. The Morgan fingerprint density at radius 2 is 2.35 bits per heavy atom. The highest BCUT2D eigenvalue weighted by molar-refractivity contribution is 14.1. The van der Waals surface area contributed by atoms with Gasteiger partial charge in [-0.2, -0.15) is 0 Å². The van der Waals surface area contributed by atoms with Gasteiger partial charge in [-0.25, -0.2) is 0 Å². The van der Waals surface area contributed by atoms with Crippen molar-refractivity contribution < 1.29 is 9.90 Å². The molecule has 0 aromatic heterocycles. The molecule has 1 heterocycles. The van der Waals surface area contributed by atoms with Gasteiger partial charge in [-0.3, -0.25) is 4.79 Å². The van der Waals surface area contributed by atoms with Crippen LogP contribution in [-0.2, 0) is 0 Å². The van der Waals surface area contributed by atoms with E-state index in [9.17, 15) is 9.90 Å². The van der Waals surface area contributed by atoms with Crippen LogP contribution in [-0.4, -0.2) is 41.6 Å². The molecule has 2 N–H and O–H groups in total. The molecule has 1 saturated heterocycles. The Hall–Kier alpha value is -0.820. The van der Waals surface area contributed by atoms with Crippen LogP contribution >= 0.6 is 22.6 Å². The van der Waals surface area contributed by atoms with E-state index in [0.717, 1.165) is 16.7 Å². The molecule has 1 aliphatic rings. The van der Waals surface area contributed by atoms with Gasteiger partial charge < -0.3 is 15.3 Å². The largest absolute Gasteiger partial charge is 0.507 e. The first-order valence-corrected chi connectivity index (χ1v) is 6.67. The molecule has 5 heteroatoms. The molecule has 0 bridgehead atoms. The summed E-state index contributed by atoms with van der Waals surface area (Å²) in [5.41, 5.74) is 0.552. The number of halogens is 1. The first kappa shape index (κ1) is 12.6. The molecule has 0 aliphatic carbocycles. The smallest absolute Gasteiger partial charge is 0.254 e. The van der Waals surface area contributed by atoms with E-state index >= 15 is 0 Å². The number of aromatic hydroxyl groups is 1. The lowest BCUT2D eigenvalue weighted by Crippen LogP contribution is -2.52. The third-order valence-electron chi connectivity index (χ3n) is 2.96. The van der Waals surface area contributed by atoms with E-state index < -0.39 is 0 Å². The molecular weight excluding hydrogens is 331 g/mol. The molecular formula is C12H15IN2O2. The molecule has 1 aliphatic heterocycles. The van der Waals surface area contributed by atoms with Crippen molar-refractivity contribution in [3.63, 3.8) is 0 Å². The van der Waals surface area contributed by atoms with Crippen molar-refractivity contribution >= 4 is 28.5 Å². The van der Waals surface area contributed by atoms with Gasteiger partial charge in [-0.15, -0.1) is 0 Å². The molecule has 17 heavy (non-hydrogen) atoms. The van der Waals surface area contributed by atoms with Gasteiger partial charge in [-0.1, -0.05) is 0 Å². The molecule has 1 amide bonds. The van der Waals surface area contributed by atoms with Crippen LogP contribution in [0.2, 0.25) is 0 Å². The third kappa shape index (κ3) is 2.71. The van der Waals surface area contributed by atoms with Gasteiger partial charge >= 0.3 is 0 Å². The second-order valence-electron chi connectivity index (χ2n) is 4.22. The second kappa shape index (κ2) is 5.22. The lowest BCUT2D eigenvalue weighted by molar-refractivity contribution is 0.0655. The molecule has 0 spiro atoms. The molecule has 92 valence electrons. The van der Waals surface area contributed by atoms with Crippen molar-refractivity contribution in [3.8, 4) is 5.75 Å². The van der Waals surface area contributed by atoms with Crippen LogP contribution in [0.4, 0.5) is 0 Å². The Bertz CT molecular complexity index is 437. The number of carbonyl (C=O) groups is 1. The summed E-state index contributed by atoms with van der Waals surface area (Å²) in [5.74, 6) is 0.157. The first-order valence-electron chi connectivity index (χ1n) is 5.60. The zero-order valence-corrected chi connectivity index (χ0v) is 11.8. The fraction of sp³-hybridized carbons (Fsp3) is 0.417. The minimum Gasteiger partial charge on any atom is -0.507 e. The molecule has 1 aromatic carbocycles. The quantitative estimate of drug-likeness (QED) is 0.757. The highest BCUT2D eigenvalue weighted by atomic mass is 127. The molecule has 2 rings (SSSR count). The maximum atomic E-state index is 12.3. The zero-order chi connectivity index (χ0) is 12.4. The van der Waals surface area contributed by atoms with E-state index in [1.54, 1.807) is 18.2 Å². The summed E-state index contributed by atoms with van der Waals surface area (Å²) in [6.45, 7) is 4.39. The predicted octanol–water partition coefficient (Wildman–Crippen LogP) is 1.43. The van der Waals surface area contributed by atoms with Crippen molar-refractivity contribution in [1.82, 2.24) is 10.2 Å². The molecule has 1 atom stereocenters. The summed E-state index contributed by atoms with van der Waals surface area (Å²) in [4.78, 5) is 14.1. The van der Waals surface area contributed by atoms with Crippen LogP contribution in [0.25, 0.3) is 0 Å². The summed E-state index contributed by atoms with van der Waals surface area (Å²) in [6, 6.07) is 5.26. The number of rotatable bonds is 1. The Labute approximate surface area is 114 Å². The van der Waals surface area contributed by atoms with Crippen molar-refractivity contribution in [2.24, 2.45) is 0 Å². The van der Waals surface area contributed by atoms with Gasteiger partial charge in [0.15, 0.2) is 0 Å². The van der Waals surface area contributed by atoms with Gasteiger partial charge in [0.25, 0.3) is 5.91 Å². The van der Waals surface area contributed by atoms with Crippen molar-refractivity contribution in [2.45, 2.75) is 13.0 Å². The molecule has 4 nitrogen and oxygen atoms in total. The summed E-state index contributed by atoms with van der Waals surface area (Å²) in [7, 11) is 0. The van der Waals surface area contributed by atoms with E-state index in [1.807, 2.05) is 34.4 Å². The number of hydrogen-bond donors (Lipinski definition) is 2. The number of benzene rings is 1. The molecule has 0 unspecified atom stereocenters. The number of amides is 1. The topological polar surface area (TPSA) is 52.6 Å². The minimum atomic E-state index is -0.00861. The SMILES string of the molecule is C[C@H]1CNCCN1C(=O)c1ccc(I)c(O)c1. The van der Waals surface area contributed by atoms with Crippen LogP contribution in [0.1, 0.15) is 17.3 Å². The molecule has 0 saturated carbocycles. The lowest BCUT2D eigenvalue weighted by atomic mass is 10.1. The standard InChI is InChI=1S/C12H15IN2O2/c1-8-7-14-4-5-15(8)12(17)9-2-3-10(13)11(16)6-9/h2-3,6,8,14,16H,4-5,7H2,1H3/t8-/m0/s1. The normalized spacial score (nSPS) is 20.4. The van der Waals surface area contributed by atoms with Gasteiger partial charge in [0.2, 0.25) is 0 Å². The predicted molar refractivity (Wildman–Crippen MR) is 74.2 cm³/mol. The van der Waals surface area contributed by atoms with Crippen molar-refractivity contribution in [3.05, 3.63) is 27.3 Å². The fourth-order valence-corrected chi connectivity index (χ4v) is 2.29. The van der Waals surface area contributed by atoms with E-state index in [0.29, 0.717) is 12.1 Å². The number of phenolic OH excluding ortho intramolecular Hbond substituents is 1. The van der Waals surface area contributed by atoms with Gasteiger partial charge in [-0.05, 0) is 47.7 Å². The first-order chi connectivity index (χ1) is 8.09. The fourth-order valence-electron chi connectivity index (χ4n) is 1.95. The third-order valence-corrected chi connectivity index (χ3v) is 3.87. The summed E-state index contributed by atoms with van der Waals surface area (Å²) < 4.78 is 0.757. The van der Waals surface area contributed by atoms with Gasteiger partial charge in [0, 0.05) is 31.2 Å². The van der Waals surface area contributed by atoms with Crippen LogP contribution < -0.4 is 5.32 Å². The summed E-state index contributed by atoms with van der Waals surface area (Å²) in [5, 5.41) is 12.9. The second-order valence-corrected chi connectivity index (χ2v) is 5.38. The van der Waals surface area contributed by atoms with Gasteiger partial charge in [0.05, 0.1) is 3.57 Å². The van der Waals surface area contributed by atoms with E-state index in [2.05, 4.69) is 5.32 Å². The maximum absolute atomic E-state index is 12.3. The number of nitrogens with one attached hydrogen (secondary N) is 1. The van der Waals surface area contributed by atoms with Crippen LogP contribution in [0, 0.1) is 3.57 Å². The number of piperazine rings is 1. The van der Waals surface area contributed by atoms with E-state index in [1.165, 1.54) is 0 Å². The maximum Gasteiger partial charge on any atom is 0.254 e. The summed E-state index contributed by atoms with van der Waals surface area (Å²) >= 11 is 2.04. The van der Waals surface area contributed by atoms with Gasteiger partial charge in [0.1, 0.15) is 5.75 Å². The molecule has 0 radical (unpaired) electrons. The molecule has 1 aromatic rings. The summed E-state index contributed by atoms with van der Waals surface area (Å²) in [6.07, 6.45) is 0. The number of phenols is 1. The average Bonchev–Trinajstić information content (AvgIpc) is 2.32. The lowest BCUT2D eigenvalue weighted by Gasteiger charge is -2.34.